The summed E-state index contributed by atoms with van der Waals surface area (Å²) in [6.45, 7) is 7.21. The Balaban J connectivity index is 1.55. The smallest absolute Gasteiger partial charge is 0.253 e. The molecule has 1 fully saturated rings. The van der Waals surface area contributed by atoms with Gasteiger partial charge in [-0.25, -0.2) is 9.97 Å². The Morgan fingerprint density at radius 1 is 1.12 bits per heavy atom. The molecule has 0 bridgehead atoms. The fourth-order valence-electron chi connectivity index (χ4n) is 3.35. The number of hydrogen-bond acceptors (Lipinski definition) is 5. The zero-order valence-electron chi connectivity index (χ0n) is 15.1. The zero-order valence-corrected chi connectivity index (χ0v) is 15.9. The van der Waals surface area contributed by atoms with Crippen LogP contribution in [0.25, 0.3) is 10.2 Å². The maximum Gasteiger partial charge on any atom is 0.253 e. The molecule has 3 heterocycles. The topological polar surface area (TPSA) is 49.3 Å². The van der Waals surface area contributed by atoms with Gasteiger partial charge in [-0.05, 0) is 25.1 Å². The van der Waals surface area contributed by atoms with Crippen LogP contribution >= 0.6 is 11.3 Å². The molecule has 3 aromatic rings. The van der Waals surface area contributed by atoms with Gasteiger partial charge in [-0.1, -0.05) is 25.1 Å². The van der Waals surface area contributed by atoms with Gasteiger partial charge in [0.2, 0.25) is 0 Å². The fourth-order valence-corrected chi connectivity index (χ4v) is 4.25. The van der Waals surface area contributed by atoms with Gasteiger partial charge in [-0.2, -0.15) is 0 Å². The summed E-state index contributed by atoms with van der Waals surface area (Å²) in [6, 6.07) is 11.7. The first-order chi connectivity index (χ1) is 12.7. The van der Waals surface area contributed by atoms with Gasteiger partial charge < -0.3 is 9.80 Å². The highest BCUT2D eigenvalue weighted by molar-refractivity contribution is 7.18. The standard InChI is InChI=1S/C20H22N4OS/c1-3-17-21-18(16-13-14(2)26-19(16)22-17)23-9-11-24(12-10-23)20(25)15-7-5-4-6-8-15/h4-8,13H,3,9-12H2,1-2H3. The molecule has 4 rings (SSSR count). The number of hydrogen-bond donors (Lipinski definition) is 0. The lowest BCUT2D eigenvalue weighted by Crippen LogP contribution is -2.49. The molecule has 0 radical (unpaired) electrons. The van der Waals surface area contributed by atoms with E-state index >= 15 is 0 Å². The van der Waals surface area contributed by atoms with Crippen molar-refractivity contribution in [3.63, 3.8) is 0 Å². The third-order valence-corrected chi connectivity index (χ3v) is 5.69. The molecule has 1 aromatic carbocycles. The van der Waals surface area contributed by atoms with E-state index in [9.17, 15) is 4.79 Å². The first-order valence-corrected chi connectivity index (χ1v) is 9.83. The van der Waals surface area contributed by atoms with E-state index in [4.69, 9.17) is 4.98 Å². The average Bonchev–Trinajstić information content (AvgIpc) is 3.07. The Hall–Kier alpha value is -2.47. The minimum Gasteiger partial charge on any atom is -0.352 e. The lowest BCUT2D eigenvalue weighted by molar-refractivity contribution is 0.0746. The highest BCUT2D eigenvalue weighted by atomic mass is 32.1. The van der Waals surface area contributed by atoms with Crippen LogP contribution in [-0.2, 0) is 6.42 Å². The molecule has 6 heteroatoms. The van der Waals surface area contributed by atoms with Crippen molar-refractivity contribution in [3.8, 4) is 0 Å². The van der Waals surface area contributed by atoms with Crippen LogP contribution in [0.1, 0.15) is 28.0 Å². The maximum absolute atomic E-state index is 12.6. The quantitative estimate of drug-likeness (QED) is 0.712. The minimum absolute atomic E-state index is 0.110. The summed E-state index contributed by atoms with van der Waals surface area (Å²) < 4.78 is 0. The van der Waals surface area contributed by atoms with Gasteiger partial charge >= 0.3 is 0 Å². The number of nitrogens with zero attached hydrogens (tertiary/aromatic N) is 4. The van der Waals surface area contributed by atoms with Crippen molar-refractivity contribution in [2.45, 2.75) is 20.3 Å². The van der Waals surface area contributed by atoms with Gasteiger partial charge in [0.1, 0.15) is 16.5 Å². The minimum atomic E-state index is 0.110. The maximum atomic E-state index is 12.6. The van der Waals surface area contributed by atoms with Crippen LogP contribution in [0.5, 0.6) is 0 Å². The van der Waals surface area contributed by atoms with Gasteiger partial charge in [0.15, 0.2) is 0 Å². The number of carbonyl (C=O) groups excluding carboxylic acids is 1. The highest BCUT2D eigenvalue weighted by Crippen LogP contribution is 2.31. The van der Waals surface area contributed by atoms with E-state index in [0.29, 0.717) is 13.1 Å². The normalized spacial score (nSPS) is 14.8. The molecule has 0 N–H and O–H groups in total. The first kappa shape index (κ1) is 17.0. The molecule has 0 atom stereocenters. The molecule has 5 nitrogen and oxygen atoms in total. The number of aromatic nitrogens is 2. The number of benzene rings is 1. The summed E-state index contributed by atoms with van der Waals surface area (Å²) in [4.78, 5) is 28.7. The van der Waals surface area contributed by atoms with Gasteiger partial charge in [0.05, 0.1) is 5.39 Å². The summed E-state index contributed by atoms with van der Waals surface area (Å²) in [6.07, 6.45) is 0.826. The summed E-state index contributed by atoms with van der Waals surface area (Å²) in [7, 11) is 0. The predicted octanol–water partition coefficient (Wildman–Crippen LogP) is 3.52. The van der Waals surface area contributed by atoms with Crippen molar-refractivity contribution in [3.05, 3.63) is 52.7 Å². The van der Waals surface area contributed by atoms with Crippen LogP contribution in [-0.4, -0.2) is 47.0 Å². The molecule has 1 aliphatic rings. The number of aryl methyl sites for hydroxylation is 2. The molecular formula is C20H22N4OS. The van der Waals surface area contributed by atoms with Crippen LogP contribution in [0.4, 0.5) is 5.82 Å². The van der Waals surface area contributed by atoms with E-state index in [1.54, 1.807) is 11.3 Å². The Labute approximate surface area is 157 Å². The van der Waals surface area contributed by atoms with Gasteiger partial charge in [0.25, 0.3) is 5.91 Å². The highest BCUT2D eigenvalue weighted by Gasteiger charge is 2.24. The molecule has 1 saturated heterocycles. The summed E-state index contributed by atoms with van der Waals surface area (Å²) >= 11 is 1.72. The first-order valence-electron chi connectivity index (χ1n) is 9.02. The number of anilines is 1. The monoisotopic (exact) mass is 366 g/mol. The number of carbonyl (C=O) groups is 1. The predicted molar refractivity (Wildman–Crippen MR) is 106 cm³/mol. The average molecular weight is 366 g/mol. The van der Waals surface area contributed by atoms with E-state index in [2.05, 4.69) is 29.8 Å². The lowest BCUT2D eigenvalue weighted by atomic mass is 10.2. The summed E-state index contributed by atoms with van der Waals surface area (Å²) in [5, 5.41) is 1.13. The molecule has 1 aliphatic heterocycles. The summed E-state index contributed by atoms with van der Waals surface area (Å²) in [5.74, 6) is 2.01. The summed E-state index contributed by atoms with van der Waals surface area (Å²) in [5.41, 5.74) is 0.757. The third-order valence-electron chi connectivity index (χ3n) is 4.75. The van der Waals surface area contributed by atoms with Crippen LogP contribution in [0.3, 0.4) is 0 Å². The van der Waals surface area contributed by atoms with Crippen molar-refractivity contribution in [2.24, 2.45) is 0 Å². The van der Waals surface area contributed by atoms with Crippen LogP contribution in [0, 0.1) is 6.92 Å². The van der Waals surface area contributed by atoms with E-state index in [1.165, 1.54) is 4.88 Å². The number of thiophene rings is 1. The Kier molecular flexibility index (Phi) is 4.59. The number of amides is 1. The van der Waals surface area contributed by atoms with E-state index in [0.717, 1.165) is 46.9 Å². The van der Waals surface area contributed by atoms with Crippen molar-refractivity contribution in [2.75, 3.05) is 31.1 Å². The molecule has 26 heavy (non-hydrogen) atoms. The Bertz CT molecular complexity index is 930. The lowest BCUT2D eigenvalue weighted by Gasteiger charge is -2.35. The van der Waals surface area contributed by atoms with Gasteiger partial charge in [-0.3, -0.25) is 4.79 Å². The second-order valence-electron chi connectivity index (χ2n) is 6.54. The number of fused-ring (bicyclic) bond motifs is 1. The molecule has 0 aliphatic carbocycles. The molecule has 2 aromatic heterocycles. The molecule has 0 spiro atoms. The number of rotatable bonds is 3. The molecule has 0 saturated carbocycles. The third kappa shape index (κ3) is 3.17. The van der Waals surface area contributed by atoms with E-state index < -0.39 is 0 Å². The van der Waals surface area contributed by atoms with E-state index in [-0.39, 0.29) is 5.91 Å². The van der Waals surface area contributed by atoms with Gasteiger partial charge in [0, 0.05) is 43.0 Å². The molecular weight excluding hydrogens is 344 g/mol. The molecule has 134 valence electrons. The van der Waals surface area contributed by atoms with Crippen LogP contribution < -0.4 is 4.90 Å². The zero-order chi connectivity index (χ0) is 18.1. The van der Waals surface area contributed by atoms with Crippen molar-refractivity contribution < 1.29 is 4.79 Å². The Morgan fingerprint density at radius 3 is 2.54 bits per heavy atom. The largest absolute Gasteiger partial charge is 0.352 e. The molecule has 0 unspecified atom stereocenters. The van der Waals surface area contributed by atoms with Crippen molar-refractivity contribution in [1.29, 1.82) is 0 Å². The second kappa shape index (κ2) is 7.03. The van der Waals surface area contributed by atoms with Crippen LogP contribution in [0.15, 0.2) is 36.4 Å². The Morgan fingerprint density at radius 2 is 1.85 bits per heavy atom. The fraction of sp³-hybridized carbons (Fsp3) is 0.350. The van der Waals surface area contributed by atoms with Crippen molar-refractivity contribution >= 4 is 33.3 Å². The molecule has 1 amide bonds. The second-order valence-corrected chi connectivity index (χ2v) is 7.77. The SMILES string of the molecule is CCc1nc(N2CCN(C(=O)c3ccccc3)CC2)c2cc(C)sc2n1. The number of piperazine rings is 1. The van der Waals surface area contributed by atoms with Gasteiger partial charge in [-0.15, -0.1) is 11.3 Å². The van der Waals surface area contributed by atoms with Crippen LogP contribution in [0.2, 0.25) is 0 Å². The van der Waals surface area contributed by atoms with Crippen molar-refractivity contribution in [1.82, 2.24) is 14.9 Å². The van der Waals surface area contributed by atoms with E-state index in [1.807, 2.05) is 35.2 Å².